The molecule has 0 radical (unpaired) electrons. The number of rotatable bonds is 5. The minimum Gasteiger partial charge on any atom is -0.381 e. The van der Waals surface area contributed by atoms with E-state index in [4.69, 9.17) is 9.47 Å². The van der Waals surface area contributed by atoms with Crippen LogP contribution in [0.5, 0.6) is 0 Å². The van der Waals surface area contributed by atoms with E-state index in [9.17, 15) is 19.3 Å². The van der Waals surface area contributed by atoms with E-state index in [2.05, 4.69) is 5.32 Å². The van der Waals surface area contributed by atoms with E-state index < -0.39 is 16.4 Å². The number of benzene rings is 2. The largest absolute Gasteiger partial charge is 0.381 e. The van der Waals surface area contributed by atoms with E-state index in [1.807, 2.05) is 4.90 Å². The van der Waals surface area contributed by atoms with Crippen LogP contribution in [0.2, 0.25) is 0 Å². The summed E-state index contributed by atoms with van der Waals surface area (Å²) in [5.74, 6) is -0.762. The molecule has 2 aliphatic rings. The molecule has 1 amide bonds. The number of hydrogen-bond donors (Lipinski definition) is 1. The zero-order valence-corrected chi connectivity index (χ0v) is 17.0. The molecule has 0 saturated carbocycles. The van der Waals surface area contributed by atoms with Crippen LogP contribution in [-0.4, -0.2) is 50.3 Å². The Kier molecular flexibility index (Phi) is 6.15. The number of nitro benzene ring substituents is 1. The van der Waals surface area contributed by atoms with Gasteiger partial charge in [-0.25, -0.2) is 4.39 Å². The van der Waals surface area contributed by atoms with Gasteiger partial charge in [-0.2, -0.15) is 0 Å². The fourth-order valence-corrected chi connectivity index (χ4v) is 4.16. The van der Waals surface area contributed by atoms with Crippen molar-refractivity contribution in [2.24, 2.45) is 0 Å². The van der Waals surface area contributed by atoms with Crippen LogP contribution in [0.15, 0.2) is 42.5 Å². The zero-order chi connectivity index (χ0) is 21.8. The standard InChI is InChI=1S/C22H24FN3O5/c23-17-3-1-16(2-4-17)22(7-11-30-12-8-22)24-21(27)19-15-18(26(28)29)5-6-20(19)25-9-13-31-14-10-25/h1-6,15H,7-14H2,(H,24,27). The Morgan fingerprint density at radius 2 is 1.68 bits per heavy atom. The molecule has 0 bridgehead atoms. The monoisotopic (exact) mass is 429 g/mol. The Labute approximate surface area is 179 Å². The minimum atomic E-state index is -0.740. The van der Waals surface area contributed by atoms with Crippen molar-refractivity contribution in [2.75, 3.05) is 44.4 Å². The molecule has 0 aromatic heterocycles. The van der Waals surface area contributed by atoms with Gasteiger partial charge in [0.1, 0.15) is 5.82 Å². The van der Waals surface area contributed by atoms with Gasteiger partial charge in [0, 0.05) is 38.4 Å². The fraction of sp³-hybridized carbons (Fsp3) is 0.409. The van der Waals surface area contributed by atoms with Gasteiger partial charge in [0.25, 0.3) is 11.6 Å². The van der Waals surface area contributed by atoms with E-state index in [0.29, 0.717) is 58.0 Å². The summed E-state index contributed by atoms with van der Waals surface area (Å²) in [6, 6.07) is 10.4. The van der Waals surface area contributed by atoms with Gasteiger partial charge in [0.15, 0.2) is 0 Å². The molecule has 8 nitrogen and oxygen atoms in total. The SMILES string of the molecule is O=C(NC1(c2ccc(F)cc2)CCOCC1)c1cc([N+](=O)[O-])ccc1N1CCOCC1. The van der Waals surface area contributed by atoms with Crippen LogP contribution in [0.3, 0.4) is 0 Å². The molecule has 2 heterocycles. The quantitative estimate of drug-likeness (QED) is 0.580. The molecule has 31 heavy (non-hydrogen) atoms. The normalized spacial score (nSPS) is 18.4. The zero-order valence-electron chi connectivity index (χ0n) is 17.0. The first-order chi connectivity index (χ1) is 15.0. The van der Waals surface area contributed by atoms with Crippen LogP contribution in [0.4, 0.5) is 15.8 Å². The number of hydrogen-bond acceptors (Lipinski definition) is 6. The topological polar surface area (TPSA) is 93.9 Å². The summed E-state index contributed by atoms with van der Waals surface area (Å²) in [5, 5.41) is 14.5. The summed E-state index contributed by atoms with van der Waals surface area (Å²) in [7, 11) is 0. The first-order valence-corrected chi connectivity index (χ1v) is 10.3. The molecule has 2 aromatic rings. The third-order valence-corrected chi connectivity index (χ3v) is 5.88. The van der Waals surface area contributed by atoms with Gasteiger partial charge in [0.05, 0.1) is 34.9 Å². The number of nitrogens with zero attached hydrogens (tertiary/aromatic N) is 2. The number of anilines is 1. The molecular formula is C22H24FN3O5. The van der Waals surface area contributed by atoms with E-state index in [-0.39, 0.29) is 17.1 Å². The van der Waals surface area contributed by atoms with Crippen LogP contribution in [0.1, 0.15) is 28.8 Å². The highest BCUT2D eigenvalue weighted by Gasteiger charge is 2.37. The van der Waals surface area contributed by atoms with Crippen LogP contribution >= 0.6 is 0 Å². The Morgan fingerprint density at radius 3 is 2.32 bits per heavy atom. The molecule has 9 heteroatoms. The molecule has 164 valence electrons. The summed E-state index contributed by atoms with van der Waals surface area (Å²) < 4.78 is 24.4. The van der Waals surface area contributed by atoms with Gasteiger partial charge in [-0.05, 0) is 36.6 Å². The van der Waals surface area contributed by atoms with Crippen molar-refractivity contribution < 1.29 is 23.6 Å². The highest BCUT2D eigenvalue weighted by Crippen LogP contribution is 2.34. The number of morpholine rings is 1. The summed E-state index contributed by atoms with van der Waals surface area (Å²) in [5.41, 5.74) is 0.765. The lowest BCUT2D eigenvalue weighted by molar-refractivity contribution is -0.384. The smallest absolute Gasteiger partial charge is 0.270 e. The number of ether oxygens (including phenoxy) is 2. The first-order valence-electron chi connectivity index (χ1n) is 10.3. The van der Waals surface area contributed by atoms with Crippen LogP contribution in [0, 0.1) is 15.9 Å². The first kappa shape index (κ1) is 21.2. The summed E-state index contributed by atoms with van der Waals surface area (Å²) >= 11 is 0. The number of halogens is 1. The molecule has 1 N–H and O–H groups in total. The molecule has 2 aromatic carbocycles. The van der Waals surface area contributed by atoms with Gasteiger partial charge in [-0.1, -0.05) is 12.1 Å². The van der Waals surface area contributed by atoms with Crippen molar-refractivity contribution >= 4 is 17.3 Å². The highest BCUT2D eigenvalue weighted by molar-refractivity contribution is 6.01. The minimum absolute atomic E-state index is 0.148. The average molecular weight is 429 g/mol. The maximum Gasteiger partial charge on any atom is 0.270 e. The lowest BCUT2D eigenvalue weighted by Gasteiger charge is -2.39. The summed E-state index contributed by atoms with van der Waals surface area (Å²) in [6.45, 7) is 3.12. The van der Waals surface area contributed by atoms with E-state index >= 15 is 0 Å². The molecule has 2 aliphatic heterocycles. The number of carbonyl (C=O) groups is 1. The van der Waals surface area contributed by atoms with Crippen molar-refractivity contribution in [2.45, 2.75) is 18.4 Å². The molecule has 0 spiro atoms. The summed E-state index contributed by atoms with van der Waals surface area (Å²) in [4.78, 5) is 26.3. The Balaban J connectivity index is 1.70. The fourth-order valence-electron chi connectivity index (χ4n) is 4.16. The third kappa shape index (κ3) is 4.52. The predicted octanol–water partition coefficient (Wildman–Crippen LogP) is 3.01. The van der Waals surface area contributed by atoms with Crippen molar-refractivity contribution in [1.29, 1.82) is 0 Å². The maximum atomic E-state index is 13.5. The number of nitro groups is 1. The van der Waals surface area contributed by atoms with Gasteiger partial charge >= 0.3 is 0 Å². The van der Waals surface area contributed by atoms with Crippen LogP contribution in [-0.2, 0) is 15.0 Å². The molecule has 0 aliphatic carbocycles. The second kappa shape index (κ2) is 8.99. The van der Waals surface area contributed by atoms with Gasteiger partial charge in [-0.15, -0.1) is 0 Å². The third-order valence-electron chi connectivity index (χ3n) is 5.88. The second-order valence-corrected chi connectivity index (χ2v) is 7.71. The lowest BCUT2D eigenvalue weighted by atomic mass is 9.82. The number of nitrogens with one attached hydrogen (secondary N) is 1. The Bertz CT molecular complexity index is 954. The highest BCUT2D eigenvalue weighted by atomic mass is 19.1. The van der Waals surface area contributed by atoms with E-state index in [1.165, 1.54) is 24.3 Å². The number of amides is 1. The molecule has 2 saturated heterocycles. The van der Waals surface area contributed by atoms with Gasteiger partial charge in [-0.3, -0.25) is 14.9 Å². The molecule has 2 fully saturated rings. The van der Waals surface area contributed by atoms with Crippen LogP contribution < -0.4 is 10.2 Å². The molecule has 4 rings (SSSR count). The lowest BCUT2D eigenvalue weighted by Crippen LogP contribution is -2.50. The molecule has 0 atom stereocenters. The van der Waals surface area contributed by atoms with Crippen LogP contribution in [0.25, 0.3) is 0 Å². The Hall–Kier alpha value is -3.04. The predicted molar refractivity (Wildman–Crippen MR) is 112 cm³/mol. The second-order valence-electron chi connectivity index (χ2n) is 7.71. The van der Waals surface area contributed by atoms with Crippen molar-refractivity contribution in [3.05, 3.63) is 69.5 Å². The number of carbonyl (C=O) groups excluding carboxylic acids is 1. The molecular weight excluding hydrogens is 405 g/mol. The van der Waals surface area contributed by atoms with Gasteiger partial charge < -0.3 is 19.7 Å². The Morgan fingerprint density at radius 1 is 1.03 bits per heavy atom. The van der Waals surface area contributed by atoms with E-state index in [0.717, 1.165) is 5.56 Å². The number of non-ortho nitro benzene ring substituents is 1. The average Bonchev–Trinajstić information content (AvgIpc) is 2.80. The summed E-state index contributed by atoms with van der Waals surface area (Å²) in [6.07, 6.45) is 1.04. The van der Waals surface area contributed by atoms with E-state index in [1.54, 1.807) is 18.2 Å². The van der Waals surface area contributed by atoms with Crippen molar-refractivity contribution in [3.63, 3.8) is 0 Å². The maximum absolute atomic E-state index is 13.5. The van der Waals surface area contributed by atoms with Crippen molar-refractivity contribution in [1.82, 2.24) is 5.32 Å². The molecule has 0 unspecified atom stereocenters. The van der Waals surface area contributed by atoms with Crippen molar-refractivity contribution in [3.8, 4) is 0 Å². The van der Waals surface area contributed by atoms with Gasteiger partial charge in [0.2, 0.25) is 0 Å².